The predicted octanol–water partition coefficient (Wildman–Crippen LogP) is -0.898. The number of carboxylic acid groups (broad SMARTS) is 1. The monoisotopic (exact) mass is 214 g/mol. The SMILES string of the molecule is CNC(=O)C1(C(=O)N[C@@H](C)C(=O)O)CC1. The summed E-state index contributed by atoms with van der Waals surface area (Å²) in [6.45, 7) is 1.36. The van der Waals surface area contributed by atoms with E-state index in [1.807, 2.05) is 0 Å². The molecule has 0 radical (unpaired) electrons. The van der Waals surface area contributed by atoms with Gasteiger partial charge in [-0.05, 0) is 19.8 Å². The summed E-state index contributed by atoms with van der Waals surface area (Å²) in [4.78, 5) is 33.5. The number of rotatable bonds is 4. The Hall–Kier alpha value is -1.59. The van der Waals surface area contributed by atoms with E-state index in [2.05, 4.69) is 10.6 Å². The third kappa shape index (κ3) is 2.08. The molecule has 0 bridgehead atoms. The van der Waals surface area contributed by atoms with Gasteiger partial charge in [0.2, 0.25) is 11.8 Å². The summed E-state index contributed by atoms with van der Waals surface area (Å²) >= 11 is 0. The topological polar surface area (TPSA) is 95.5 Å². The molecule has 1 fully saturated rings. The van der Waals surface area contributed by atoms with Crippen LogP contribution in [0.2, 0.25) is 0 Å². The van der Waals surface area contributed by atoms with E-state index in [-0.39, 0.29) is 5.91 Å². The van der Waals surface area contributed by atoms with Crippen molar-refractivity contribution in [1.29, 1.82) is 0 Å². The molecule has 0 unspecified atom stereocenters. The maximum absolute atomic E-state index is 11.6. The van der Waals surface area contributed by atoms with E-state index in [0.717, 1.165) is 0 Å². The summed E-state index contributed by atoms with van der Waals surface area (Å²) in [6.07, 6.45) is 0.954. The summed E-state index contributed by atoms with van der Waals surface area (Å²) in [7, 11) is 1.45. The smallest absolute Gasteiger partial charge is 0.325 e. The van der Waals surface area contributed by atoms with E-state index in [0.29, 0.717) is 12.8 Å². The minimum absolute atomic E-state index is 0.349. The number of carbonyl (C=O) groups excluding carboxylic acids is 2. The Morgan fingerprint density at radius 3 is 2.13 bits per heavy atom. The van der Waals surface area contributed by atoms with Crippen LogP contribution in [0.3, 0.4) is 0 Å². The Kier molecular flexibility index (Phi) is 2.97. The molecule has 3 N–H and O–H groups in total. The minimum Gasteiger partial charge on any atom is -0.480 e. The fourth-order valence-electron chi connectivity index (χ4n) is 1.32. The van der Waals surface area contributed by atoms with Gasteiger partial charge in [-0.25, -0.2) is 0 Å². The van der Waals surface area contributed by atoms with Crippen molar-refractivity contribution < 1.29 is 19.5 Å². The maximum Gasteiger partial charge on any atom is 0.325 e. The fourth-order valence-corrected chi connectivity index (χ4v) is 1.32. The Morgan fingerprint density at radius 2 is 1.80 bits per heavy atom. The van der Waals surface area contributed by atoms with Gasteiger partial charge in [-0.3, -0.25) is 14.4 Å². The number of carboxylic acids is 1. The lowest BCUT2D eigenvalue weighted by Crippen LogP contribution is -2.47. The second kappa shape index (κ2) is 3.88. The van der Waals surface area contributed by atoms with E-state index >= 15 is 0 Å². The molecule has 0 saturated heterocycles. The third-order valence-electron chi connectivity index (χ3n) is 2.56. The Labute approximate surface area is 87.0 Å². The molecule has 15 heavy (non-hydrogen) atoms. The van der Waals surface area contributed by atoms with Gasteiger partial charge in [0.1, 0.15) is 11.5 Å². The maximum atomic E-state index is 11.6. The molecule has 1 aliphatic rings. The Morgan fingerprint density at radius 1 is 1.27 bits per heavy atom. The van der Waals surface area contributed by atoms with Crippen molar-refractivity contribution in [2.45, 2.75) is 25.8 Å². The molecule has 6 nitrogen and oxygen atoms in total. The lowest BCUT2D eigenvalue weighted by molar-refractivity contribution is -0.144. The molecule has 1 saturated carbocycles. The van der Waals surface area contributed by atoms with Crippen LogP contribution in [0, 0.1) is 5.41 Å². The van der Waals surface area contributed by atoms with Crippen molar-refractivity contribution in [1.82, 2.24) is 10.6 Å². The summed E-state index contributed by atoms with van der Waals surface area (Å²) in [5.74, 6) is -1.97. The molecule has 1 rings (SSSR count). The second-order valence-electron chi connectivity index (χ2n) is 3.69. The first-order chi connectivity index (χ1) is 6.94. The number of carbonyl (C=O) groups is 3. The fraction of sp³-hybridized carbons (Fsp3) is 0.667. The molecule has 6 heteroatoms. The lowest BCUT2D eigenvalue weighted by Gasteiger charge is -2.15. The van der Waals surface area contributed by atoms with Crippen LogP contribution in [-0.2, 0) is 14.4 Å². The van der Waals surface area contributed by atoms with E-state index in [1.54, 1.807) is 0 Å². The van der Waals surface area contributed by atoms with Crippen LogP contribution >= 0.6 is 0 Å². The Bertz CT molecular complexity index is 309. The molecule has 0 aliphatic heterocycles. The predicted molar refractivity (Wildman–Crippen MR) is 51.0 cm³/mol. The molecular weight excluding hydrogens is 200 g/mol. The first-order valence-electron chi connectivity index (χ1n) is 4.70. The van der Waals surface area contributed by atoms with Crippen LogP contribution in [0.4, 0.5) is 0 Å². The van der Waals surface area contributed by atoms with Gasteiger partial charge in [-0.2, -0.15) is 0 Å². The molecule has 1 aliphatic carbocycles. The molecular formula is C9H14N2O4. The lowest BCUT2D eigenvalue weighted by atomic mass is 10.1. The first-order valence-corrected chi connectivity index (χ1v) is 4.70. The summed E-state index contributed by atoms with van der Waals surface area (Å²) < 4.78 is 0. The van der Waals surface area contributed by atoms with Gasteiger partial charge in [-0.1, -0.05) is 0 Å². The zero-order valence-corrected chi connectivity index (χ0v) is 8.66. The average molecular weight is 214 g/mol. The van der Waals surface area contributed by atoms with E-state index in [9.17, 15) is 14.4 Å². The molecule has 0 aromatic carbocycles. The molecule has 0 aromatic heterocycles. The highest BCUT2D eigenvalue weighted by molar-refractivity contribution is 6.08. The number of amides is 2. The zero-order valence-electron chi connectivity index (χ0n) is 8.66. The summed E-state index contributed by atoms with van der Waals surface area (Å²) in [5.41, 5.74) is -1.03. The summed E-state index contributed by atoms with van der Waals surface area (Å²) in [6, 6.07) is -0.973. The van der Waals surface area contributed by atoms with Gasteiger partial charge in [0.15, 0.2) is 0 Å². The third-order valence-corrected chi connectivity index (χ3v) is 2.56. The molecule has 0 heterocycles. The van der Waals surface area contributed by atoms with Crippen molar-refractivity contribution in [2.75, 3.05) is 7.05 Å². The largest absolute Gasteiger partial charge is 0.480 e. The van der Waals surface area contributed by atoms with Crippen LogP contribution in [0.5, 0.6) is 0 Å². The Balaban J connectivity index is 2.62. The van der Waals surface area contributed by atoms with Gasteiger partial charge in [0, 0.05) is 7.05 Å². The van der Waals surface area contributed by atoms with Crippen molar-refractivity contribution in [2.24, 2.45) is 5.41 Å². The van der Waals surface area contributed by atoms with Gasteiger partial charge in [-0.15, -0.1) is 0 Å². The van der Waals surface area contributed by atoms with Crippen molar-refractivity contribution in [3.8, 4) is 0 Å². The standard InChI is InChI=1S/C9H14N2O4/c1-5(6(12)13)11-8(15)9(3-4-9)7(14)10-2/h5H,3-4H2,1-2H3,(H,10,14)(H,11,15)(H,12,13)/t5-/m0/s1. The molecule has 2 amide bonds. The highest BCUT2D eigenvalue weighted by Gasteiger charge is 2.56. The second-order valence-corrected chi connectivity index (χ2v) is 3.69. The van der Waals surface area contributed by atoms with Gasteiger partial charge in [0.05, 0.1) is 0 Å². The normalized spacial score (nSPS) is 18.8. The van der Waals surface area contributed by atoms with Gasteiger partial charge < -0.3 is 15.7 Å². The highest BCUT2D eigenvalue weighted by atomic mass is 16.4. The molecule has 84 valence electrons. The van der Waals surface area contributed by atoms with E-state index < -0.39 is 23.3 Å². The van der Waals surface area contributed by atoms with Crippen LogP contribution < -0.4 is 10.6 Å². The zero-order chi connectivity index (χ0) is 11.6. The molecule has 0 aromatic rings. The highest BCUT2D eigenvalue weighted by Crippen LogP contribution is 2.46. The van der Waals surface area contributed by atoms with Gasteiger partial charge in [0.25, 0.3) is 0 Å². The van der Waals surface area contributed by atoms with Crippen molar-refractivity contribution >= 4 is 17.8 Å². The quantitative estimate of drug-likeness (QED) is 0.528. The van der Waals surface area contributed by atoms with Gasteiger partial charge >= 0.3 is 5.97 Å². The van der Waals surface area contributed by atoms with Crippen molar-refractivity contribution in [3.63, 3.8) is 0 Å². The van der Waals surface area contributed by atoms with Crippen molar-refractivity contribution in [3.05, 3.63) is 0 Å². The first kappa shape index (κ1) is 11.5. The van der Waals surface area contributed by atoms with Crippen LogP contribution in [-0.4, -0.2) is 36.0 Å². The van der Waals surface area contributed by atoms with Crippen LogP contribution in [0.25, 0.3) is 0 Å². The number of hydrogen-bond acceptors (Lipinski definition) is 3. The molecule has 1 atom stereocenters. The average Bonchev–Trinajstić information content (AvgIpc) is 2.97. The van der Waals surface area contributed by atoms with E-state index in [4.69, 9.17) is 5.11 Å². The number of aliphatic carboxylic acids is 1. The number of nitrogens with one attached hydrogen (secondary N) is 2. The minimum atomic E-state index is -1.11. The number of hydrogen-bond donors (Lipinski definition) is 3. The summed E-state index contributed by atoms with van der Waals surface area (Å²) in [5, 5.41) is 13.3. The van der Waals surface area contributed by atoms with Crippen LogP contribution in [0.15, 0.2) is 0 Å². The van der Waals surface area contributed by atoms with E-state index in [1.165, 1.54) is 14.0 Å². The van der Waals surface area contributed by atoms with Crippen LogP contribution in [0.1, 0.15) is 19.8 Å². The molecule has 0 spiro atoms.